The van der Waals surface area contributed by atoms with Crippen molar-refractivity contribution in [2.75, 3.05) is 13.1 Å². The van der Waals surface area contributed by atoms with Gasteiger partial charge in [0.2, 0.25) is 10.0 Å². The summed E-state index contributed by atoms with van der Waals surface area (Å²) in [5.41, 5.74) is 2.26. The Morgan fingerprint density at radius 2 is 1.89 bits per heavy atom. The van der Waals surface area contributed by atoms with Crippen molar-refractivity contribution in [3.05, 3.63) is 34.3 Å². The average Bonchev–Trinajstić information content (AvgIpc) is 3.30. The number of rotatable bonds is 3. The van der Waals surface area contributed by atoms with E-state index in [1.807, 2.05) is 0 Å². The maximum atomic E-state index is 13.1. The van der Waals surface area contributed by atoms with Gasteiger partial charge in [0.15, 0.2) is 0 Å². The molecule has 0 radical (unpaired) electrons. The third kappa shape index (κ3) is 3.53. The molecule has 1 aromatic carbocycles. The Bertz CT molecular complexity index is 1060. The molecule has 144 valence electrons. The van der Waals surface area contributed by atoms with Gasteiger partial charge in [-0.15, -0.1) is 11.3 Å². The van der Waals surface area contributed by atoms with Crippen LogP contribution in [0, 0.1) is 0 Å². The molecule has 3 heterocycles. The molecule has 3 aromatic rings. The molecular weight excluding hydrogens is 400 g/mol. The van der Waals surface area contributed by atoms with Crippen LogP contribution < -0.4 is 0 Å². The summed E-state index contributed by atoms with van der Waals surface area (Å²) < 4.78 is 36.2. The van der Waals surface area contributed by atoms with Crippen molar-refractivity contribution >= 4 is 44.1 Å². The van der Waals surface area contributed by atoms with Gasteiger partial charge in [0.25, 0.3) is 0 Å². The molecule has 0 atom stereocenters. The molecule has 0 bridgehead atoms. The smallest absolute Gasteiger partial charge is 0.245 e. The topological polar surface area (TPSA) is 76.1 Å². The van der Waals surface area contributed by atoms with Crippen LogP contribution in [0.1, 0.15) is 50.2 Å². The lowest BCUT2D eigenvalue weighted by Gasteiger charge is -2.30. The highest BCUT2D eigenvalue weighted by atomic mass is 32.2. The number of thiazole rings is 1. The summed E-state index contributed by atoms with van der Waals surface area (Å²) in [4.78, 5) is 5.08. The average molecular weight is 423 g/mol. The largest absolute Gasteiger partial charge is 0.245 e. The maximum Gasteiger partial charge on any atom is 0.245 e. The Kier molecular flexibility index (Phi) is 4.82. The van der Waals surface area contributed by atoms with Crippen LogP contribution in [-0.2, 0) is 15.4 Å². The van der Waals surface area contributed by atoms with Crippen molar-refractivity contribution in [1.29, 1.82) is 0 Å². The van der Waals surface area contributed by atoms with Crippen LogP contribution in [0.2, 0.25) is 0 Å². The molecule has 1 aliphatic heterocycles. The minimum absolute atomic E-state index is 0.0407. The molecule has 4 rings (SSSR count). The Hall–Kier alpha value is -1.42. The fourth-order valence-electron chi connectivity index (χ4n) is 3.29. The number of benzene rings is 1. The van der Waals surface area contributed by atoms with Crippen LogP contribution in [0.3, 0.4) is 0 Å². The van der Waals surface area contributed by atoms with Gasteiger partial charge in [0, 0.05) is 29.8 Å². The van der Waals surface area contributed by atoms with E-state index in [2.05, 4.69) is 34.9 Å². The summed E-state index contributed by atoms with van der Waals surface area (Å²) in [6.07, 6.45) is 1.59. The van der Waals surface area contributed by atoms with Crippen LogP contribution in [0.15, 0.2) is 28.5 Å². The molecule has 1 aliphatic rings. The summed E-state index contributed by atoms with van der Waals surface area (Å²) in [6, 6.07) is 5.15. The Morgan fingerprint density at radius 1 is 1.15 bits per heavy atom. The van der Waals surface area contributed by atoms with Crippen LogP contribution in [0.4, 0.5) is 0 Å². The van der Waals surface area contributed by atoms with Crippen molar-refractivity contribution in [2.45, 2.75) is 49.8 Å². The molecule has 0 amide bonds. The first kappa shape index (κ1) is 18.9. The fourth-order valence-corrected chi connectivity index (χ4v) is 6.73. The quantitative estimate of drug-likeness (QED) is 0.637. The van der Waals surface area contributed by atoms with Crippen LogP contribution in [-0.4, -0.2) is 39.5 Å². The minimum Gasteiger partial charge on any atom is -0.245 e. The van der Waals surface area contributed by atoms with E-state index in [1.165, 1.54) is 0 Å². The summed E-state index contributed by atoms with van der Waals surface area (Å²) in [5.74, 6) is 0.328. The van der Waals surface area contributed by atoms with E-state index in [4.69, 9.17) is 4.98 Å². The van der Waals surface area contributed by atoms with E-state index in [0.717, 1.165) is 35.3 Å². The minimum atomic E-state index is -3.56. The first-order chi connectivity index (χ1) is 12.8. The standard InChI is InChI=1S/C18H22N4O2S3/c1-18(2,3)15-11-25-17(19-15)12-7-9-22(10-8-12)27(23,24)14-6-4-5-13-16(14)21-26-20-13/h4-6,11-12H,7-10H2,1-3H3. The number of aromatic nitrogens is 3. The van der Waals surface area contributed by atoms with Crippen molar-refractivity contribution in [2.24, 2.45) is 0 Å². The fraction of sp³-hybridized carbons (Fsp3) is 0.500. The van der Waals surface area contributed by atoms with Crippen molar-refractivity contribution in [3.63, 3.8) is 0 Å². The molecule has 0 unspecified atom stereocenters. The van der Waals surface area contributed by atoms with Crippen LogP contribution in [0.25, 0.3) is 11.0 Å². The van der Waals surface area contributed by atoms with E-state index in [9.17, 15) is 8.42 Å². The monoisotopic (exact) mass is 422 g/mol. The zero-order chi connectivity index (χ0) is 19.2. The third-order valence-corrected chi connectivity index (χ3v) is 8.44. The van der Waals surface area contributed by atoms with E-state index >= 15 is 0 Å². The van der Waals surface area contributed by atoms with Gasteiger partial charge in [-0.3, -0.25) is 0 Å². The Labute approximate surface area is 167 Å². The molecule has 27 heavy (non-hydrogen) atoms. The second kappa shape index (κ2) is 6.88. The van der Waals surface area contributed by atoms with Crippen molar-refractivity contribution in [1.82, 2.24) is 18.0 Å². The van der Waals surface area contributed by atoms with Crippen LogP contribution >= 0.6 is 23.1 Å². The maximum absolute atomic E-state index is 13.1. The van der Waals surface area contributed by atoms with Gasteiger partial charge in [-0.2, -0.15) is 13.1 Å². The number of piperidine rings is 1. The molecule has 0 saturated carbocycles. The predicted octanol–water partition coefficient (Wildman–Crippen LogP) is 4.01. The summed E-state index contributed by atoms with van der Waals surface area (Å²) in [7, 11) is -3.56. The van der Waals surface area contributed by atoms with Gasteiger partial charge >= 0.3 is 0 Å². The molecule has 6 nitrogen and oxygen atoms in total. The SMILES string of the molecule is CC(C)(C)c1csc(C2CCN(S(=O)(=O)c3cccc4nsnc34)CC2)n1. The molecule has 1 fully saturated rings. The summed E-state index contributed by atoms with van der Waals surface area (Å²) in [5, 5.41) is 3.26. The van der Waals surface area contributed by atoms with Gasteiger partial charge in [-0.05, 0) is 25.0 Å². The summed E-state index contributed by atoms with van der Waals surface area (Å²) >= 11 is 2.74. The number of sulfonamides is 1. The molecule has 9 heteroatoms. The zero-order valence-electron chi connectivity index (χ0n) is 15.5. The van der Waals surface area contributed by atoms with Gasteiger partial charge in [-0.1, -0.05) is 26.8 Å². The predicted molar refractivity (Wildman–Crippen MR) is 109 cm³/mol. The highest BCUT2D eigenvalue weighted by Crippen LogP contribution is 2.35. The van der Waals surface area contributed by atoms with E-state index < -0.39 is 10.0 Å². The van der Waals surface area contributed by atoms with Gasteiger partial charge in [0.1, 0.15) is 15.9 Å². The highest BCUT2D eigenvalue weighted by Gasteiger charge is 2.33. The molecule has 0 aliphatic carbocycles. The lowest BCUT2D eigenvalue weighted by atomic mass is 9.93. The molecule has 0 spiro atoms. The molecule has 0 N–H and O–H groups in total. The van der Waals surface area contributed by atoms with Crippen molar-refractivity contribution < 1.29 is 8.42 Å². The van der Waals surface area contributed by atoms with Crippen LogP contribution in [0.5, 0.6) is 0 Å². The van der Waals surface area contributed by atoms with E-state index in [0.29, 0.717) is 30.0 Å². The zero-order valence-corrected chi connectivity index (χ0v) is 18.0. The van der Waals surface area contributed by atoms with E-state index in [1.54, 1.807) is 33.8 Å². The molecule has 2 aromatic heterocycles. The first-order valence-corrected chi connectivity index (χ1v) is 12.0. The molecular formula is C18H22N4O2S3. The first-order valence-electron chi connectivity index (χ1n) is 8.94. The molecule has 1 saturated heterocycles. The third-order valence-electron chi connectivity index (χ3n) is 4.96. The second-order valence-electron chi connectivity index (χ2n) is 7.89. The van der Waals surface area contributed by atoms with Gasteiger partial charge in [-0.25, -0.2) is 13.4 Å². The van der Waals surface area contributed by atoms with E-state index in [-0.39, 0.29) is 10.3 Å². The Morgan fingerprint density at radius 3 is 2.56 bits per heavy atom. The lowest BCUT2D eigenvalue weighted by molar-refractivity contribution is 0.319. The number of hydrogen-bond acceptors (Lipinski definition) is 7. The summed E-state index contributed by atoms with van der Waals surface area (Å²) in [6.45, 7) is 7.50. The Balaban J connectivity index is 1.52. The lowest BCUT2D eigenvalue weighted by Crippen LogP contribution is -2.38. The second-order valence-corrected chi connectivity index (χ2v) is 11.2. The number of nitrogens with zero attached hydrogens (tertiary/aromatic N) is 4. The number of fused-ring (bicyclic) bond motifs is 1. The van der Waals surface area contributed by atoms with Gasteiger partial charge < -0.3 is 0 Å². The number of hydrogen-bond donors (Lipinski definition) is 0. The normalized spacial score (nSPS) is 17.6. The van der Waals surface area contributed by atoms with Gasteiger partial charge in [0.05, 0.1) is 22.4 Å². The highest BCUT2D eigenvalue weighted by molar-refractivity contribution is 7.89. The van der Waals surface area contributed by atoms with Crippen molar-refractivity contribution in [3.8, 4) is 0 Å².